The average Bonchev–Trinajstić information content (AvgIpc) is 2.90. The van der Waals surface area contributed by atoms with Crippen molar-refractivity contribution < 1.29 is 27.4 Å². The Morgan fingerprint density at radius 2 is 1.70 bits per heavy atom. The Bertz CT molecular complexity index is 1380. The van der Waals surface area contributed by atoms with Gasteiger partial charge in [0.05, 0.1) is 31.3 Å². The molecule has 0 unspecified atom stereocenters. The fourth-order valence-electron chi connectivity index (χ4n) is 4.10. The van der Waals surface area contributed by atoms with Gasteiger partial charge in [0.25, 0.3) is 15.9 Å². The van der Waals surface area contributed by atoms with E-state index in [9.17, 15) is 13.2 Å². The summed E-state index contributed by atoms with van der Waals surface area (Å²) in [5, 5.41) is 2.85. The summed E-state index contributed by atoms with van der Waals surface area (Å²) >= 11 is 0. The fourth-order valence-corrected chi connectivity index (χ4v) is 5.58. The molecule has 3 aromatic carbocycles. The molecular formula is C28H32N2O6S. The molecule has 37 heavy (non-hydrogen) atoms. The predicted molar refractivity (Wildman–Crippen MR) is 142 cm³/mol. The number of carbonyl (C=O) groups is 1. The maximum absolute atomic E-state index is 13.7. The minimum Gasteiger partial charge on any atom is -0.493 e. The molecule has 1 heterocycles. The van der Waals surface area contributed by atoms with Gasteiger partial charge >= 0.3 is 0 Å². The van der Waals surface area contributed by atoms with Gasteiger partial charge in [-0.05, 0) is 52.9 Å². The zero-order valence-electron chi connectivity index (χ0n) is 21.6. The number of anilines is 1. The van der Waals surface area contributed by atoms with Gasteiger partial charge in [0.2, 0.25) is 0 Å². The molecule has 0 bridgehead atoms. The first-order valence-corrected chi connectivity index (χ1v) is 13.4. The van der Waals surface area contributed by atoms with Gasteiger partial charge in [-0.2, -0.15) is 0 Å². The van der Waals surface area contributed by atoms with Crippen LogP contribution in [0, 0.1) is 0 Å². The van der Waals surface area contributed by atoms with Crippen molar-refractivity contribution in [2.24, 2.45) is 0 Å². The van der Waals surface area contributed by atoms with Gasteiger partial charge in [-0.1, -0.05) is 51.1 Å². The molecule has 0 saturated carbocycles. The van der Waals surface area contributed by atoms with Gasteiger partial charge in [-0.25, -0.2) is 8.42 Å². The standard InChI is InChI=1S/C28H32N2O6S/c1-28(2,3)20-12-14-23-22(16-20)30(37(32,33)21-9-7-6-8-10-21)18-26(36-23)27(31)29-17-19-11-13-24(34-4)25(15-19)35-5/h6-16,26H,17-18H2,1-5H3,(H,29,31)/t26-/m1/s1. The second-order valence-corrected chi connectivity index (χ2v) is 11.7. The fraction of sp³-hybridized carbons (Fsp3) is 0.321. The summed E-state index contributed by atoms with van der Waals surface area (Å²) in [6.45, 7) is 6.21. The van der Waals surface area contributed by atoms with Crippen LogP contribution in [0.1, 0.15) is 31.9 Å². The summed E-state index contributed by atoms with van der Waals surface area (Å²) in [6.07, 6.45) is -1.04. The van der Waals surface area contributed by atoms with E-state index in [1.165, 1.54) is 4.31 Å². The molecule has 1 amide bonds. The normalized spacial score (nSPS) is 15.4. The number of hydrogen-bond donors (Lipinski definition) is 1. The Kier molecular flexibility index (Phi) is 7.36. The molecule has 0 spiro atoms. The number of ether oxygens (including phenoxy) is 3. The number of methoxy groups -OCH3 is 2. The number of amides is 1. The van der Waals surface area contributed by atoms with E-state index in [4.69, 9.17) is 14.2 Å². The number of fused-ring (bicyclic) bond motifs is 1. The molecule has 8 nitrogen and oxygen atoms in total. The molecule has 0 saturated heterocycles. The predicted octanol–water partition coefficient (Wildman–Crippen LogP) is 4.27. The van der Waals surface area contributed by atoms with Crippen LogP contribution in [0.25, 0.3) is 0 Å². The van der Waals surface area contributed by atoms with E-state index in [-0.39, 0.29) is 23.4 Å². The van der Waals surface area contributed by atoms with Crippen molar-refractivity contribution in [3.8, 4) is 17.2 Å². The Morgan fingerprint density at radius 1 is 1.00 bits per heavy atom. The Morgan fingerprint density at radius 3 is 2.35 bits per heavy atom. The molecule has 9 heteroatoms. The van der Waals surface area contributed by atoms with Gasteiger partial charge in [-0.15, -0.1) is 0 Å². The van der Waals surface area contributed by atoms with Crippen LogP contribution >= 0.6 is 0 Å². The Balaban J connectivity index is 1.63. The Hall–Kier alpha value is -3.72. The molecule has 0 aromatic heterocycles. The highest BCUT2D eigenvalue weighted by Crippen LogP contribution is 2.40. The highest BCUT2D eigenvalue weighted by molar-refractivity contribution is 7.92. The van der Waals surface area contributed by atoms with Gasteiger partial charge < -0.3 is 19.5 Å². The lowest BCUT2D eigenvalue weighted by molar-refractivity contribution is -0.127. The van der Waals surface area contributed by atoms with Crippen LogP contribution in [0.15, 0.2) is 71.6 Å². The summed E-state index contributed by atoms with van der Waals surface area (Å²) in [5.41, 5.74) is 1.97. The number of sulfonamides is 1. The van der Waals surface area contributed by atoms with Crippen LogP contribution in [0.5, 0.6) is 17.2 Å². The molecule has 1 atom stereocenters. The van der Waals surface area contributed by atoms with Crippen LogP contribution in [-0.4, -0.2) is 41.2 Å². The second kappa shape index (κ2) is 10.3. The third-order valence-corrected chi connectivity index (χ3v) is 8.03. The quantitative estimate of drug-likeness (QED) is 0.496. The van der Waals surface area contributed by atoms with E-state index < -0.39 is 22.0 Å². The van der Waals surface area contributed by atoms with Crippen molar-refractivity contribution >= 4 is 21.6 Å². The number of rotatable bonds is 7. The van der Waals surface area contributed by atoms with Crippen molar-refractivity contribution in [2.75, 3.05) is 25.1 Å². The monoisotopic (exact) mass is 524 g/mol. The molecule has 0 fully saturated rings. The number of benzene rings is 3. The van der Waals surface area contributed by atoms with Gasteiger partial charge in [0.15, 0.2) is 17.6 Å². The number of carbonyl (C=O) groups excluding carboxylic acids is 1. The smallest absolute Gasteiger partial charge is 0.264 e. The molecule has 1 aliphatic heterocycles. The zero-order valence-corrected chi connectivity index (χ0v) is 22.5. The Labute approximate surface area is 218 Å². The van der Waals surface area contributed by atoms with E-state index >= 15 is 0 Å². The SMILES string of the molecule is COc1ccc(CNC(=O)[C@H]2CN(S(=O)(=O)c3ccccc3)c3cc(C(C)(C)C)ccc3O2)cc1OC. The molecule has 196 valence electrons. The van der Waals surface area contributed by atoms with E-state index in [0.717, 1.165) is 11.1 Å². The van der Waals surface area contributed by atoms with Crippen LogP contribution in [0.4, 0.5) is 5.69 Å². The van der Waals surface area contributed by atoms with Crippen molar-refractivity contribution in [3.05, 3.63) is 77.9 Å². The van der Waals surface area contributed by atoms with Crippen LogP contribution < -0.4 is 23.8 Å². The number of hydrogen-bond acceptors (Lipinski definition) is 6. The molecule has 4 rings (SSSR count). The molecule has 0 radical (unpaired) electrons. The maximum atomic E-state index is 13.7. The van der Waals surface area contributed by atoms with Gasteiger partial charge in [0.1, 0.15) is 5.75 Å². The molecule has 3 aromatic rings. The van der Waals surface area contributed by atoms with Gasteiger partial charge in [0, 0.05) is 6.54 Å². The summed E-state index contributed by atoms with van der Waals surface area (Å²) in [5.74, 6) is 1.05. The van der Waals surface area contributed by atoms with E-state index in [1.807, 2.05) is 18.2 Å². The average molecular weight is 525 g/mol. The van der Waals surface area contributed by atoms with Crippen LogP contribution in [0.2, 0.25) is 0 Å². The van der Waals surface area contributed by atoms with E-state index in [2.05, 4.69) is 26.1 Å². The largest absolute Gasteiger partial charge is 0.493 e. The summed E-state index contributed by atoms with van der Waals surface area (Å²) in [7, 11) is -0.850. The van der Waals surface area contributed by atoms with Crippen molar-refractivity contribution in [3.63, 3.8) is 0 Å². The first kappa shape index (κ1) is 26.3. The topological polar surface area (TPSA) is 94.2 Å². The lowest BCUT2D eigenvalue weighted by Crippen LogP contribution is -2.50. The molecular weight excluding hydrogens is 492 g/mol. The number of nitrogens with one attached hydrogen (secondary N) is 1. The van der Waals surface area contributed by atoms with Crippen LogP contribution in [0.3, 0.4) is 0 Å². The van der Waals surface area contributed by atoms with E-state index in [1.54, 1.807) is 62.8 Å². The summed E-state index contributed by atoms with van der Waals surface area (Å²) in [4.78, 5) is 13.3. The van der Waals surface area contributed by atoms with Crippen molar-refractivity contribution in [1.29, 1.82) is 0 Å². The van der Waals surface area contributed by atoms with E-state index in [0.29, 0.717) is 22.9 Å². The second-order valence-electron chi connectivity index (χ2n) is 9.80. The maximum Gasteiger partial charge on any atom is 0.264 e. The van der Waals surface area contributed by atoms with Crippen LogP contribution in [-0.2, 0) is 26.8 Å². The third kappa shape index (κ3) is 5.51. The minimum absolute atomic E-state index is 0.147. The first-order chi connectivity index (χ1) is 17.5. The minimum atomic E-state index is -3.95. The zero-order chi connectivity index (χ0) is 26.8. The molecule has 0 aliphatic carbocycles. The number of nitrogens with zero attached hydrogens (tertiary/aromatic N) is 1. The molecule has 1 aliphatic rings. The summed E-state index contributed by atoms with van der Waals surface area (Å²) < 4.78 is 45.3. The highest BCUT2D eigenvalue weighted by Gasteiger charge is 2.38. The first-order valence-electron chi connectivity index (χ1n) is 11.9. The highest BCUT2D eigenvalue weighted by atomic mass is 32.2. The third-order valence-electron chi connectivity index (χ3n) is 6.23. The van der Waals surface area contributed by atoms with Crippen molar-refractivity contribution in [1.82, 2.24) is 5.32 Å². The van der Waals surface area contributed by atoms with Crippen molar-refractivity contribution in [2.45, 2.75) is 43.7 Å². The summed E-state index contributed by atoms with van der Waals surface area (Å²) in [6, 6.07) is 19.0. The van der Waals surface area contributed by atoms with Gasteiger partial charge in [-0.3, -0.25) is 9.10 Å². The lowest BCUT2D eigenvalue weighted by atomic mass is 9.86. The molecule has 1 N–H and O–H groups in total. The lowest BCUT2D eigenvalue weighted by Gasteiger charge is -2.36.